The second-order valence-corrected chi connectivity index (χ2v) is 6.83. The van der Waals surface area contributed by atoms with Crippen LogP contribution in [0.2, 0.25) is 0 Å². The number of aromatic nitrogens is 1. The molecule has 0 saturated carbocycles. The van der Waals surface area contributed by atoms with Crippen LogP contribution in [-0.4, -0.2) is 41.5 Å². The van der Waals surface area contributed by atoms with Gasteiger partial charge in [-0.25, -0.2) is 4.98 Å². The van der Waals surface area contributed by atoms with E-state index in [0.29, 0.717) is 18.4 Å². The van der Waals surface area contributed by atoms with Crippen molar-refractivity contribution in [1.29, 1.82) is 0 Å². The highest BCUT2D eigenvalue weighted by Gasteiger charge is 2.42. The van der Waals surface area contributed by atoms with Crippen molar-refractivity contribution in [3.05, 3.63) is 24.4 Å². The molecule has 2 saturated heterocycles. The Balaban J connectivity index is 1.77. The Morgan fingerprint density at radius 3 is 2.81 bits per heavy atom. The Labute approximate surface area is 127 Å². The highest BCUT2D eigenvalue weighted by Crippen LogP contribution is 2.40. The lowest BCUT2D eigenvalue weighted by Crippen LogP contribution is -2.55. The number of rotatable bonds is 2. The van der Waals surface area contributed by atoms with Crippen LogP contribution in [0.15, 0.2) is 24.4 Å². The predicted octanol–water partition coefficient (Wildman–Crippen LogP) is 2.70. The Bertz CT molecular complexity index is 502. The number of carbonyl (C=O) groups excluding carboxylic acids is 1. The number of anilines is 1. The third-order valence-corrected chi connectivity index (χ3v) is 4.95. The SMILES string of the molecule is CC(C)N1C[C@]2(CCCN(c3ccccn3)C2)CCC1=O. The maximum atomic E-state index is 12.1. The molecule has 3 rings (SSSR count). The molecule has 1 spiro atoms. The third kappa shape index (κ3) is 2.89. The van der Waals surface area contributed by atoms with E-state index in [1.54, 1.807) is 0 Å². The zero-order chi connectivity index (χ0) is 14.9. The number of piperidine rings is 2. The summed E-state index contributed by atoms with van der Waals surface area (Å²) in [5.41, 5.74) is 0.258. The lowest BCUT2D eigenvalue weighted by Gasteiger charge is -2.49. The number of carbonyl (C=O) groups is 1. The molecule has 1 aromatic heterocycles. The first-order chi connectivity index (χ1) is 10.1. The molecule has 3 heterocycles. The van der Waals surface area contributed by atoms with E-state index >= 15 is 0 Å². The van der Waals surface area contributed by atoms with Crippen LogP contribution in [0.3, 0.4) is 0 Å². The van der Waals surface area contributed by atoms with Gasteiger partial charge in [-0.1, -0.05) is 6.07 Å². The molecule has 0 N–H and O–H groups in total. The molecular formula is C17H25N3O. The Morgan fingerprint density at radius 1 is 1.24 bits per heavy atom. The molecule has 4 heteroatoms. The molecule has 1 amide bonds. The van der Waals surface area contributed by atoms with Crippen LogP contribution in [0, 0.1) is 5.41 Å². The van der Waals surface area contributed by atoms with Gasteiger partial charge >= 0.3 is 0 Å². The molecule has 2 aliphatic heterocycles. The van der Waals surface area contributed by atoms with Crippen molar-refractivity contribution in [2.45, 2.75) is 45.6 Å². The molecule has 21 heavy (non-hydrogen) atoms. The number of nitrogens with zero attached hydrogens (tertiary/aromatic N) is 3. The van der Waals surface area contributed by atoms with E-state index in [1.807, 2.05) is 12.3 Å². The maximum Gasteiger partial charge on any atom is 0.222 e. The van der Waals surface area contributed by atoms with Crippen molar-refractivity contribution in [1.82, 2.24) is 9.88 Å². The Kier molecular flexibility index (Phi) is 3.87. The molecule has 1 aromatic rings. The fourth-order valence-corrected chi connectivity index (χ4v) is 3.79. The molecule has 4 nitrogen and oxygen atoms in total. The Morgan fingerprint density at radius 2 is 2.10 bits per heavy atom. The van der Waals surface area contributed by atoms with Crippen molar-refractivity contribution in [2.24, 2.45) is 5.41 Å². The van der Waals surface area contributed by atoms with Gasteiger partial charge < -0.3 is 9.80 Å². The summed E-state index contributed by atoms with van der Waals surface area (Å²) in [5.74, 6) is 1.40. The molecular weight excluding hydrogens is 262 g/mol. The van der Waals surface area contributed by atoms with Crippen LogP contribution >= 0.6 is 0 Å². The van der Waals surface area contributed by atoms with Crippen molar-refractivity contribution < 1.29 is 4.79 Å². The van der Waals surface area contributed by atoms with E-state index in [4.69, 9.17) is 0 Å². The summed E-state index contributed by atoms with van der Waals surface area (Å²) in [6, 6.07) is 6.41. The van der Waals surface area contributed by atoms with Crippen molar-refractivity contribution in [3.63, 3.8) is 0 Å². The summed E-state index contributed by atoms with van der Waals surface area (Å²) in [4.78, 5) is 21.1. The minimum atomic E-state index is 0.258. The van der Waals surface area contributed by atoms with E-state index < -0.39 is 0 Å². The summed E-state index contributed by atoms with van der Waals surface area (Å²) in [6.07, 6.45) is 6.01. The van der Waals surface area contributed by atoms with Gasteiger partial charge in [0, 0.05) is 43.7 Å². The lowest BCUT2D eigenvalue weighted by atomic mass is 9.73. The summed E-state index contributed by atoms with van der Waals surface area (Å²) in [7, 11) is 0. The molecule has 2 aliphatic rings. The van der Waals surface area contributed by atoms with Crippen molar-refractivity contribution >= 4 is 11.7 Å². The largest absolute Gasteiger partial charge is 0.356 e. The van der Waals surface area contributed by atoms with Crippen LogP contribution in [0.25, 0.3) is 0 Å². The second kappa shape index (κ2) is 5.66. The van der Waals surface area contributed by atoms with Crippen molar-refractivity contribution in [3.8, 4) is 0 Å². The molecule has 1 atom stereocenters. The topological polar surface area (TPSA) is 36.4 Å². The quantitative estimate of drug-likeness (QED) is 0.839. The molecule has 0 radical (unpaired) electrons. The van der Waals surface area contributed by atoms with Crippen LogP contribution in [0.5, 0.6) is 0 Å². The van der Waals surface area contributed by atoms with Crippen molar-refractivity contribution in [2.75, 3.05) is 24.5 Å². The molecule has 0 bridgehead atoms. The minimum Gasteiger partial charge on any atom is -0.356 e. The zero-order valence-corrected chi connectivity index (χ0v) is 13.1. The van der Waals surface area contributed by atoms with E-state index in [-0.39, 0.29) is 5.41 Å². The van der Waals surface area contributed by atoms with E-state index in [2.05, 4.69) is 40.8 Å². The number of hydrogen-bond acceptors (Lipinski definition) is 3. The average Bonchev–Trinajstić information content (AvgIpc) is 2.51. The van der Waals surface area contributed by atoms with Crippen LogP contribution in [-0.2, 0) is 4.79 Å². The van der Waals surface area contributed by atoms with Crippen LogP contribution in [0.1, 0.15) is 39.5 Å². The smallest absolute Gasteiger partial charge is 0.222 e. The molecule has 0 unspecified atom stereocenters. The van der Waals surface area contributed by atoms with Gasteiger partial charge in [0.15, 0.2) is 0 Å². The second-order valence-electron chi connectivity index (χ2n) is 6.83. The van der Waals surface area contributed by atoms with Gasteiger partial charge in [0.05, 0.1) is 0 Å². The average molecular weight is 287 g/mol. The first-order valence-corrected chi connectivity index (χ1v) is 8.05. The molecule has 0 aromatic carbocycles. The summed E-state index contributed by atoms with van der Waals surface area (Å²) in [5, 5.41) is 0. The number of amides is 1. The van der Waals surface area contributed by atoms with Gasteiger partial charge in [0.1, 0.15) is 5.82 Å². The molecule has 0 aliphatic carbocycles. The fourth-order valence-electron chi connectivity index (χ4n) is 3.79. The standard InChI is InChI=1S/C17H25N3O/c1-14(2)20-13-17(9-7-16(20)21)8-5-11-19(12-17)15-6-3-4-10-18-15/h3-4,6,10,14H,5,7-9,11-13H2,1-2H3/t17-/m1/s1. The van der Waals surface area contributed by atoms with Gasteiger partial charge in [-0.2, -0.15) is 0 Å². The summed E-state index contributed by atoms with van der Waals surface area (Å²) in [6.45, 7) is 7.26. The molecule has 2 fully saturated rings. The van der Waals surface area contributed by atoms with E-state index in [1.165, 1.54) is 12.8 Å². The predicted molar refractivity (Wildman–Crippen MR) is 84.2 cm³/mol. The van der Waals surface area contributed by atoms with Gasteiger partial charge in [0.2, 0.25) is 5.91 Å². The fraction of sp³-hybridized carbons (Fsp3) is 0.647. The van der Waals surface area contributed by atoms with Gasteiger partial charge in [-0.05, 0) is 45.2 Å². The minimum absolute atomic E-state index is 0.258. The third-order valence-electron chi connectivity index (χ3n) is 4.95. The first kappa shape index (κ1) is 14.4. The normalized spacial score (nSPS) is 26.7. The van der Waals surface area contributed by atoms with E-state index in [9.17, 15) is 4.79 Å². The van der Waals surface area contributed by atoms with Gasteiger partial charge in [-0.3, -0.25) is 4.79 Å². The number of hydrogen-bond donors (Lipinski definition) is 0. The van der Waals surface area contributed by atoms with Crippen LogP contribution in [0.4, 0.5) is 5.82 Å². The number of likely N-dealkylation sites (tertiary alicyclic amines) is 1. The van der Waals surface area contributed by atoms with Gasteiger partial charge in [-0.15, -0.1) is 0 Å². The summed E-state index contributed by atoms with van der Waals surface area (Å²) >= 11 is 0. The van der Waals surface area contributed by atoms with Gasteiger partial charge in [0.25, 0.3) is 0 Å². The highest BCUT2D eigenvalue weighted by atomic mass is 16.2. The maximum absolute atomic E-state index is 12.1. The first-order valence-electron chi connectivity index (χ1n) is 8.05. The van der Waals surface area contributed by atoms with Crippen LogP contribution < -0.4 is 4.90 Å². The summed E-state index contributed by atoms with van der Waals surface area (Å²) < 4.78 is 0. The number of pyridine rings is 1. The lowest BCUT2D eigenvalue weighted by molar-refractivity contribution is -0.140. The van der Waals surface area contributed by atoms with E-state index in [0.717, 1.165) is 31.9 Å². The zero-order valence-electron chi connectivity index (χ0n) is 13.1. The highest BCUT2D eigenvalue weighted by molar-refractivity contribution is 5.77. The Hall–Kier alpha value is -1.58. The molecule has 114 valence electrons. The monoisotopic (exact) mass is 287 g/mol.